The zero-order chi connectivity index (χ0) is 16.3. The van der Waals surface area contributed by atoms with Gasteiger partial charge in [-0.15, -0.1) is 0 Å². The third-order valence-corrected chi connectivity index (χ3v) is 3.26. The number of ether oxygens (including phenoxy) is 1. The summed E-state index contributed by atoms with van der Waals surface area (Å²) in [5.74, 6) is 0.104. The highest BCUT2D eigenvalue weighted by molar-refractivity contribution is 6.32. The molecule has 9 heteroatoms. The fourth-order valence-electron chi connectivity index (χ4n) is 1.80. The van der Waals surface area contributed by atoms with Crippen molar-refractivity contribution in [1.29, 1.82) is 0 Å². The van der Waals surface area contributed by atoms with Crippen molar-refractivity contribution in [3.8, 4) is 5.75 Å². The van der Waals surface area contributed by atoms with E-state index in [2.05, 4.69) is 15.5 Å². The van der Waals surface area contributed by atoms with E-state index in [4.69, 9.17) is 16.3 Å². The molecule has 0 spiro atoms. The summed E-state index contributed by atoms with van der Waals surface area (Å²) >= 11 is 5.75. The zero-order valence-electron chi connectivity index (χ0n) is 11.3. The van der Waals surface area contributed by atoms with Crippen molar-refractivity contribution >= 4 is 17.3 Å². The van der Waals surface area contributed by atoms with E-state index in [0.717, 1.165) is 6.07 Å². The minimum absolute atomic E-state index is 0.00958. The number of aromatic nitrogens is 2. The number of benzene rings is 1. The Morgan fingerprint density at radius 1 is 1.41 bits per heavy atom. The molecular formula is C13H11ClF3N3O2. The summed E-state index contributed by atoms with van der Waals surface area (Å²) in [4.78, 5) is 11.3. The number of nitrogens with zero attached hydrogens (tertiary/aromatic N) is 1. The number of anilines is 1. The predicted molar refractivity (Wildman–Crippen MR) is 75.2 cm³/mol. The first-order valence-electron chi connectivity index (χ1n) is 6.04. The molecule has 0 aliphatic carbocycles. The van der Waals surface area contributed by atoms with Gasteiger partial charge in [0, 0.05) is 6.54 Å². The molecule has 0 aliphatic heterocycles. The number of hydrogen-bond donors (Lipinski definition) is 2. The third-order valence-electron chi connectivity index (χ3n) is 2.89. The van der Waals surface area contributed by atoms with Crippen molar-refractivity contribution in [3.05, 3.63) is 50.9 Å². The number of nitrogens with one attached hydrogen (secondary N) is 2. The number of H-pyrrole nitrogens is 1. The molecule has 1 aromatic carbocycles. The molecule has 0 amide bonds. The SMILES string of the molecule is COc1ccc(CNc2cn[nH]c(=O)c2Cl)c(C(F)(F)F)c1. The van der Waals surface area contributed by atoms with Gasteiger partial charge < -0.3 is 10.1 Å². The first-order chi connectivity index (χ1) is 10.3. The second kappa shape index (κ2) is 6.27. The summed E-state index contributed by atoms with van der Waals surface area (Å²) in [6.45, 7) is -0.177. The molecule has 1 heterocycles. The largest absolute Gasteiger partial charge is 0.497 e. The molecule has 2 rings (SSSR count). The monoisotopic (exact) mass is 333 g/mol. The zero-order valence-corrected chi connectivity index (χ0v) is 12.0. The van der Waals surface area contributed by atoms with Gasteiger partial charge >= 0.3 is 6.18 Å². The maximum atomic E-state index is 13.1. The average molecular weight is 334 g/mol. The maximum absolute atomic E-state index is 13.1. The van der Waals surface area contributed by atoms with Crippen LogP contribution in [0, 0.1) is 0 Å². The van der Waals surface area contributed by atoms with Crippen LogP contribution in [0.15, 0.2) is 29.2 Å². The molecule has 0 saturated carbocycles. The minimum atomic E-state index is -4.53. The van der Waals surface area contributed by atoms with Gasteiger partial charge in [-0.25, -0.2) is 5.10 Å². The highest BCUT2D eigenvalue weighted by atomic mass is 35.5. The van der Waals surface area contributed by atoms with Crippen molar-refractivity contribution in [2.75, 3.05) is 12.4 Å². The van der Waals surface area contributed by atoms with E-state index in [9.17, 15) is 18.0 Å². The summed E-state index contributed by atoms with van der Waals surface area (Å²) in [5, 5.41) is 8.14. The average Bonchev–Trinajstić information content (AvgIpc) is 2.47. The van der Waals surface area contributed by atoms with Gasteiger partial charge in [-0.1, -0.05) is 17.7 Å². The second-order valence-electron chi connectivity index (χ2n) is 4.30. The summed E-state index contributed by atoms with van der Waals surface area (Å²) in [6, 6.07) is 3.63. The number of alkyl halides is 3. The highest BCUT2D eigenvalue weighted by Gasteiger charge is 2.33. The number of hydrogen-bond acceptors (Lipinski definition) is 4. The van der Waals surface area contributed by atoms with Crippen LogP contribution < -0.4 is 15.6 Å². The smallest absolute Gasteiger partial charge is 0.416 e. The van der Waals surface area contributed by atoms with Crippen LogP contribution in [0.2, 0.25) is 5.02 Å². The fraction of sp³-hybridized carbons (Fsp3) is 0.231. The molecule has 0 atom stereocenters. The van der Waals surface area contributed by atoms with Crippen molar-refractivity contribution in [2.45, 2.75) is 12.7 Å². The van der Waals surface area contributed by atoms with Crippen LogP contribution in [-0.4, -0.2) is 17.3 Å². The molecule has 0 unspecified atom stereocenters. The normalized spacial score (nSPS) is 11.3. The van der Waals surface area contributed by atoms with E-state index < -0.39 is 17.3 Å². The van der Waals surface area contributed by atoms with Crippen molar-refractivity contribution < 1.29 is 17.9 Å². The van der Waals surface area contributed by atoms with Gasteiger partial charge in [-0.3, -0.25) is 4.79 Å². The Morgan fingerprint density at radius 3 is 2.77 bits per heavy atom. The van der Waals surface area contributed by atoms with Crippen LogP contribution in [0.3, 0.4) is 0 Å². The Kier molecular flexibility index (Phi) is 4.60. The van der Waals surface area contributed by atoms with Gasteiger partial charge in [0.1, 0.15) is 10.8 Å². The van der Waals surface area contributed by atoms with Crippen molar-refractivity contribution in [2.24, 2.45) is 0 Å². The van der Waals surface area contributed by atoms with E-state index in [-0.39, 0.29) is 28.6 Å². The van der Waals surface area contributed by atoms with Crippen molar-refractivity contribution in [3.63, 3.8) is 0 Å². The number of halogens is 4. The summed E-state index contributed by atoms with van der Waals surface area (Å²) in [6.07, 6.45) is -3.30. The first-order valence-corrected chi connectivity index (χ1v) is 6.42. The van der Waals surface area contributed by atoms with Gasteiger partial charge in [-0.05, 0) is 17.7 Å². The molecule has 5 nitrogen and oxygen atoms in total. The highest BCUT2D eigenvalue weighted by Crippen LogP contribution is 2.34. The summed E-state index contributed by atoms with van der Waals surface area (Å²) < 4.78 is 44.0. The molecule has 2 N–H and O–H groups in total. The van der Waals surface area contributed by atoms with Crippen LogP contribution in [0.25, 0.3) is 0 Å². The van der Waals surface area contributed by atoms with Crippen LogP contribution >= 0.6 is 11.6 Å². The minimum Gasteiger partial charge on any atom is -0.497 e. The molecule has 2 aromatic rings. The molecule has 0 saturated heterocycles. The van der Waals surface area contributed by atoms with E-state index in [0.29, 0.717) is 0 Å². The van der Waals surface area contributed by atoms with Crippen LogP contribution in [-0.2, 0) is 12.7 Å². The topological polar surface area (TPSA) is 67.0 Å². The van der Waals surface area contributed by atoms with E-state index in [1.807, 2.05) is 0 Å². The van der Waals surface area contributed by atoms with Gasteiger partial charge in [0.2, 0.25) is 0 Å². The Labute approximate surface area is 128 Å². The Morgan fingerprint density at radius 2 is 2.14 bits per heavy atom. The number of rotatable bonds is 4. The van der Waals surface area contributed by atoms with E-state index in [1.165, 1.54) is 25.4 Å². The standard InChI is InChI=1S/C13H11ClF3N3O2/c1-22-8-3-2-7(9(4-8)13(15,16)17)5-18-10-6-19-20-12(21)11(10)14/h2-4,6H,5H2,1H3,(H2,18,20,21). The van der Waals surface area contributed by atoms with Crippen molar-refractivity contribution in [1.82, 2.24) is 10.2 Å². The van der Waals surface area contributed by atoms with Crippen LogP contribution in [0.5, 0.6) is 5.75 Å². The van der Waals surface area contributed by atoms with Gasteiger partial charge in [-0.2, -0.15) is 18.3 Å². The Hall–Kier alpha value is -2.22. The Balaban J connectivity index is 2.30. The predicted octanol–water partition coefficient (Wildman–Crippen LogP) is 3.06. The van der Waals surface area contributed by atoms with Gasteiger partial charge in [0.25, 0.3) is 5.56 Å². The lowest BCUT2D eigenvalue weighted by atomic mass is 10.1. The number of methoxy groups -OCH3 is 1. The number of aromatic amines is 1. The summed E-state index contributed by atoms with van der Waals surface area (Å²) in [5.41, 5.74) is -1.32. The van der Waals surface area contributed by atoms with E-state index >= 15 is 0 Å². The molecule has 118 valence electrons. The maximum Gasteiger partial charge on any atom is 0.416 e. The lowest BCUT2D eigenvalue weighted by Gasteiger charge is -2.15. The van der Waals surface area contributed by atoms with Crippen LogP contribution in [0.4, 0.5) is 18.9 Å². The molecule has 1 aromatic heterocycles. The molecule has 0 bridgehead atoms. The van der Waals surface area contributed by atoms with E-state index in [1.54, 1.807) is 0 Å². The molecule has 22 heavy (non-hydrogen) atoms. The second-order valence-corrected chi connectivity index (χ2v) is 4.68. The fourth-order valence-corrected chi connectivity index (χ4v) is 1.96. The van der Waals surface area contributed by atoms with Gasteiger partial charge in [0.05, 0.1) is 24.6 Å². The first kappa shape index (κ1) is 16.2. The van der Waals surface area contributed by atoms with Gasteiger partial charge in [0.15, 0.2) is 0 Å². The molecule has 0 aliphatic rings. The lowest BCUT2D eigenvalue weighted by molar-refractivity contribution is -0.138. The molecular weight excluding hydrogens is 323 g/mol. The Bertz CT molecular complexity index is 731. The summed E-state index contributed by atoms with van der Waals surface area (Å²) in [7, 11) is 1.29. The van der Waals surface area contributed by atoms with Crippen LogP contribution in [0.1, 0.15) is 11.1 Å². The lowest BCUT2D eigenvalue weighted by Crippen LogP contribution is -2.14. The third kappa shape index (κ3) is 3.51. The molecule has 0 fully saturated rings. The molecule has 0 radical (unpaired) electrons. The quantitative estimate of drug-likeness (QED) is 0.902.